The lowest BCUT2D eigenvalue weighted by atomic mass is 9.92. The van der Waals surface area contributed by atoms with Gasteiger partial charge in [0.15, 0.2) is 0 Å². The topological polar surface area (TPSA) is 52.7 Å². The summed E-state index contributed by atoms with van der Waals surface area (Å²) in [4.78, 5) is 27.6. The molecule has 1 rings (SSSR count). The van der Waals surface area contributed by atoms with E-state index in [4.69, 9.17) is 0 Å². The molecule has 124 valence electrons. The van der Waals surface area contributed by atoms with Gasteiger partial charge in [0, 0.05) is 26.6 Å². The van der Waals surface area contributed by atoms with E-state index in [0.29, 0.717) is 19.6 Å². The van der Waals surface area contributed by atoms with Gasteiger partial charge in [-0.05, 0) is 32.6 Å². The Morgan fingerprint density at radius 3 is 1.86 bits per heavy atom. The van der Waals surface area contributed by atoms with Crippen LogP contribution in [0.15, 0.2) is 0 Å². The number of carbonyl (C=O) groups is 2. The standard InChI is InChI=1S/C16H31N3O2.H2/c1-15(2,3)7-9-18-11-14(21)19(12-13(18)20)10-8-17-16(4,5)6;/h17H,7-12H2,1-6H3;1H. The SMILES string of the molecule is CC(C)(C)CCN1CC(=O)N(CCNC(C)(C)C)CC1=O.[HH]. The van der Waals surface area contributed by atoms with Crippen molar-refractivity contribution in [3.8, 4) is 0 Å². The van der Waals surface area contributed by atoms with Crippen molar-refractivity contribution in [2.24, 2.45) is 5.41 Å². The maximum Gasteiger partial charge on any atom is 0.242 e. The van der Waals surface area contributed by atoms with Gasteiger partial charge in [-0.2, -0.15) is 0 Å². The predicted molar refractivity (Wildman–Crippen MR) is 87.1 cm³/mol. The zero-order chi connectivity index (χ0) is 16.3. The Labute approximate surface area is 130 Å². The van der Waals surface area contributed by atoms with Gasteiger partial charge in [0.2, 0.25) is 11.8 Å². The molecule has 5 heteroatoms. The third kappa shape index (κ3) is 6.93. The van der Waals surface area contributed by atoms with Crippen LogP contribution >= 0.6 is 0 Å². The molecule has 1 N–H and O–H groups in total. The van der Waals surface area contributed by atoms with Crippen molar-refractivity contribution in [1.82, 2.24) is 15.1 Å². The zero-order valence-electron chi connectivity index (χ0n) is 14.5. The van der Waals surface area contributed by atoms with Crippen LogP contribution in [0.1, 0.15) is 49.4 Å². The van der Waals surface area contributed by atoms with Gasteiger partial charge in [0.1, 0.15) is 0 Å². The van der Waals surface area contributed by atoms with Crippen LogP contribution < -0.4 is 5.32 Å². The smallest absolute Gasteiger partial charge is 0.242 e. The molecule has 0 aromatic rings. The Bertz CT molecular complexity index is 386. The first-order chi connectivity index (χ1) is 9.48. The lowest BCUT2D eigenvalue weighted by Gasteiger charge is -2.35. The normalized spacial score (nSPS) is 17.6. The molecule has 1 aliphatic rings. The number of carbonyl (C=O) groups excluding carboxylic acids is 2. The Hall–Kier alpha value is -1.10. The largest absolute Gasteiger partial charge is 0.332 e. The number of hydrogen-bond acceptors (Lipinski definition) is 3. The number of hydrogen-bond donors (Lipinski definition) is 1. The summed E-state index contributed by atoms with van der Waals surface area (Å²) in [5, 5.41) is 3.34. The van der Waals surface area contributed by atoms with Crippen molar-refractivity contribution < 1.29 is 11.0 Å². The zero-order valence-corrected chi connectivity index (χ0v) is 14.5. The molecule has 1 saturated heterocycles. The average Bonchev–Trinajstić information content (AvgIpc) is 2.28. The van der Waals surface area contributed by atoms with E-state index in [1.165, 1.54) is 0 Å². The molecule has 0 bridgehead atoms. The van der Waals surface area contributed by atoms with E-state index < -0.39 is 0 Å². The highest BCUT2D eigenvalue weighted by atomic mass is 16.2. The van der Waals surface area contributed by atoms with Gasteiger partial charge in [-0.3, -0.25) is 9.59 Å². The fraction of sp³-hybridized carbons (Fsp3) is 0.875. The molecule has 0 aromatic heterocycles. The highest BCUT2D eigenvalue weighted by Crippen LogP contribution is 2.19. The summed E-state index contributed by atoms with van der Waals surface area (Å²) in [5.41, 5.74) is 0.207. The average molecular weight is 299 g/mol. The molecule has 1 fully saturated rings. The minimum absolute atomic E-state index is 0. The Morgan fingerprint density at radius 2 is 1.43 bits per heavy atom. The fourth-order valence-corrected chi connectivity index (χ4v) is 2.15. The van der Waals surface area contributed by atoms with Crippen LogP contribution in [0, 0.1) is 5.41 Å². The summed E-state index contributed by atoms with van der Waals surface area (Å²) in [6.45, 7) is 15.1. The fourth-order valence-electron chi connectivity index (χ4n) is 2.15. The molecule has 0 unspecified atom stereocenters. The van der Waals surface area contributed by atoms with E-state index in [2.05, 4.69) is 46.9 Å². The predicted octanol–water partition coefficient (Wildman–Crippen LogP) is 1.73. The molecule has 0 spiro atoms. The van der Waals surface area contributed by atoms with E-state index in [1.54, 1.807) is 9.80 Å². The summed E-state index contributed by atoms with van der Waals surface area (Å²) in [6, 6.07) is 0. The van der Waals surface area contributed by atoms with E-state index in [0.717, 1.165) is 6.42 Å². The molecule has 0 saturated carbocycles. The van der Waals surface area contributed by atoms with Crippen molar-refractivity contribution in [1.29, 1.82) is 0 Å². The molecule has 0 radical (unpaired) electrons. The molecule has 0 atom stereocenters. The summed E-state index contributed by atoms with van der Waals surface area (Å²) in [5.74, 6) is 0.119. The molecular formula is C16H33N3O2. The third-order valence-electron chi connectivity index (χ3n) is 3.53. The Morgan fingerprint density at radius 1 is 0.952 bits per heavy atom. The molecule has 1 aliphatic heterocycles. The van der Waals surface area contributed by atoms with Crippen LogP contribution in [-0.2, 0) is 9.59 Å². The van der Waals surface area contributed by atoms with Crippen LogP contribution in [0.3, 0.4) is 0 Å². The first-order valence-electron chi connectivity index (χ1n) is 7.78. The van der Waals surface area contributed by atoms with E-state index >= 15 is 0 Å². The first-order valence-corrected chi connectivity index (χ1v) is 7.78. The highest BCUT2D eigenvalue weighted by molar-refractivity contribution is 5.92. The van der Waals surface area contributed by atoms with Crippen molar-refractivity contribution >= 4 is 11.8 Å². The van der Waals surface area contributed by atoms with Gasteiger partial charge in [0.25, 0.3) is 0 Å². The summed E-state index contributed by atoms with van der Waals surface area (Å²) in [7, 11) is 0. The van der Waals surface area contributed by atoms with E-state index in [-0.39, 0.29) is 37.3 Å². The van der Waals surface area contributed by atoms with Crippen molar-refractivity contribution in [3.05, 3.63) is 0 Å². The number of nitrogens with zero attached hydrogens (tertiary/aromatic N) is 2. The van der Waals surface area contributed by atoms with Crippen LogP contribution in [0.5, 0.6) is 0 Å². The maximum atomic E-state index is 12.1. The quantitative estimate of drug-likeness (QED) is 0.841. The monoisotopic (exact) mass is 299 g/mol. The van der Waals surface area contributed by atoms with Crippen LogP contribution in [0.4, 0.5) is 0 Å². The van der Waals surface area contributed by atoms with Gasteiger partial charge in [-0.25, -0.2) is 0 Å². The van der Waals surface area contributed by atoms with Gasteiger partial charge in [-0.15, -0.1) is 0 Å². The van der Waals surface area contributed by atoms with Crippen molar-refractivity contribution in [2.45, 2.75) is 53.5 Å². The van der Waals surface area contributed by atoms with Crippen LogP contribution in [0.25, 0.3) is 0 Å². The number of nitrogens with one attached hydrogen (secondary N) is 1. The van der Waals surface area contributed by atoms with Gasteiger partial charge in [0.05, 0.1) is 13.1 Å². The lowest BCUT2D eigenvalue weighted by molar-refractivity contribution is -0.150. The maximum absolute atomic E-state index is 12.1. The second kappa shape index (κ2) is 6.77. The van der Waals surface area contributed by atoms with Gasteiger partial charge < -0.3 is 15.1 Å². The number of piperazine rings is 1. The number of rotatable bonds is 5. The molecule has 5 nitrogen and oxygen atoms in total. The van der Waals surface area contributed by atoms with Crippen molar-refractivity contribution in [2.75, 3.05) is 32.7 Å². The van der Waals surface area contributed by atoms with Crippen LogP contribution in [0.2, 0.25) is 0 Å². The molecule has 21 heavy (non-hydrogen) atoms. The Kier molecular flexibility index (Phi) is 5.79. The third-order valence-corrected chi connectivity index (χ3v) is 3.53. The van der Waals surface area contributed by atoms with Gasteiger partial charge in [-0.1, -0.05) is 20.8 Å². The van der Waals surface area contributed by atoms with E-state index in [9.17, 15) is 9.59 Å². The minimum Gasteiger partial charge on any atom is -0.332 e. The lowest BCUT2D eigenvalue weighted by Crippen LogP contribution is -2.55. The Balaban J connectivity index is 0.00000441. The van der Waals surface area contributed by atoms with E-state index in [1.807, 2.05) is 0 Å². The second-order valence-corrected chi connectivity index (χ2v) is 8.12. The molecular weight excluding hydrogens is 266 g/mol. The minimum atomic E-state index is 0. The molecule has 0 aromatic carbocycles. The molecule has 1 heterocycles. The summed E-state index contributed by atoms with van der Waals surface area (Å²) < 4.78 is 0. The number of amides is 2. The molecule has 0 aliphatic carbocycles. The summed E-state index contributed by atoms with van der Waals surface area (Å²) in [6.07, 6.45) is 0.914. The van der Waals surface area contributed by atoms with Crippen molar-refractivity contribution in [3.63, 3.8) is 0 Å². The van der Waals surface area contributed by atoms with Gasteiger partial charge >= 0.3 is 0 Å². The second-order valence-electron chi connectivity index (χ2n) is 8.12. The van der Waals surface area contributed by atoms with Crippen LogP contribution in [-0.4, -0.2) is 59.9 Å². The summed E-state index contributed by atoms with van der Waals surface area (Å²) >= 11 is 0. The first kappa shape index (κ1) is 18.0. The molecule has 2 amide bonds. The highest BCUT2D eigenvalue weighted by Gasteiger charge is 2.30.